The van der Waals surface area contributed by atoms with E-state index in [1.54, 1.807) is 0 Å². The molecule has 2 N–H and O–H groups in total. The van der Waals surface area contributed by atoms with E-state index in [9.17, 15) is 17.6 Å². The Labute approximate surface area is 109 Å². The number of benzene rings is 2. The molecule has 0 bridgehead atoms. The minimum atomic E-state index is -1.96. The maximum Gasteiger partial charge on any atom is 0.488 e. The van der Waals surface area contributed by atoms with Crippen molar-refractivity contribution in [2.45, 2.75) is 0 Å². The van der Waals surface area contributed by atoms with E-state index in [1.165, 1.54) is 12.1 Å². The average molecular weight is 284 g/mol. The van der Waals surface area contributed by atoms with Gasteiger partial charge in [-0.15, -0.1) is 0 Å². The lowest BCUT2D eigenvalue weighted by molar-refractivity contribution is 0.411. The second kappa shape index (κ2) is 4.22. The zero-order valence-corrected chi connectivity index (χ0v) is 9.62. The quantitative estimate of drug-likeness (QED) is 0.310. The zero-order valence-electron chi connectivity index (χ0n) is 9.62. The summed E-state index contributed by atoms with van der Waals surface area (Å²) in [5.74, 6) is -7.15. The summed E-state index contributed by atoms with van der Waals surface area (Å²) in [4.78, 5) is 0. The van der Waals surface area contributed by atoms with Crippen LogP contribution in [0.1, 0.15) is 0 Å². The lowest BCUT2D eigenvalue weighted by Crippen LogP contribution is -2.29. The third-order valence-electron chi connectivity index (χ3n) is 3.01. The monoisotopic (exact) mass is 284 g/mol. The average Bonchev–Trinajstić information content (AvgIpc) is 2.81. The first kappa shape index (κ1) is 13.0. The van der Waals surface area contributed by atoms with Crippen LogP contribution in [0.2, 0.25) is 0 Å². The summed E-state index contributed by atoms with van der Waals surface area (Å²) in [5, 5.41) is 17.4. The van der Waals surface area contributed by atoms with Gasteiger partial charge in [0, 0.05) is 5.39 Å². The summed E-state index contributed by atoms with van der Waals surface area (Å²) in [6, 6.07) is 3.57. The largest absolute Gasteiger partial charge is 0.488 e. The maximum atomic E-state index is 13.8. The Kier molecular flexibility index (Phi) is 2.73. The molecule has 8 heteroatoms. The van der Waals surface area contributed by atoms with Gasteiger partial charge in [-0.2, -0.15) is 4.39 Å². The Hall–Kier alpha value is -2.06. The molecular formula is C12H5BF4O3. The number of rotatable bonds is 1. The van der Waals surface area contributed by atoms with E-state index < -0.39 is 41.4 Å². The van der Waals surface area contributed by atoms with E-state index in [0.717, 1.165) is 6.07 Å². The van der Waals surface area contributed by atoms with Gasteiger partial charge in [0.2, 0.25) is 11.6 Å². The highest BCUT2D eigenvalue weighted by molar-refractivity contribution is 6.59. The second-order valence-electron chi connectivity index (χ2n) is 4.19. The van der Waals surface area contributed by atoms with Crippen molar-refractivity contribution in [1.29, 1.82) is 0 Å². The summed E-state index contributed by atoms with van der Waals surface area (Å²) in [7, 11) is -1.84. The van der Waals surface area contributed by atoms with Crippen molar-refractivity contribution in [2.24, 2.45) is 0 Å². The first-order valence-corrected chi connectivity index (χ1v) is 5.46. The molecule has 2 aromatic carbocycles. The van der Waals surface area contributed by atoms with Gasteiger partial charge in [0.1, 0.15) is 5.58 Å². The van der Waals surface area contributed by atoms with Crippen LogP contribution in [0, 0.1) is 23.3 Å². The molecule has 1 aromatic heterocycles. The van der Waals surface area contributed by atoms with Crippen LogP contribution in [0.3, 0.4) is 0 Å². The molecule has 0 aliphatic heterocycles. The Bertz CT molecular complexity index is 844. The van der Waals surface area contributed by atoms with Crippen LogP contribution >= 0.6 is 0 Å². The SMILES string of the molecule is OB(O)c1ccc2oc3c(F)c(F)c(F)c(F)c3c2c1. The minimum Gasteiger partial charge on any atom is -0.453 e. The number of fused-ring (bicyclic) bond motifs is 3. The van der Waals surface area contributed by atoms with Crippen molar-refractivity contribution in [2.75, 3.05) is 0 Å². The number of halogens is 4. The van der Waals surface area contributed by atoms with Gasteiger partial charge in [0.05, 0.1) is 5.39 Å². The van der Waals surface area contributed by atoms with Crippen molar-refractivity contribution in [3.05, 3.63) is 41.5 Å². The highest BCUT2D eigenvalue weighted by Gasteiger charge is 2.26. The van der Waals surface area contributed by atoms with Crippen molar-refractivity contribution in [3.8, 4) is 0 Å². The van der Waals surface area contributed by atoms with Gasteiger partial charge in [-0.05, 0) is 11.5 Å². The normalized spacial score (nSPS) is 11.5. The summed E-state index contributed by atoms with van der Waals surface area (Å²) >= 11 is 0. The van der Waals surface area contributed by atoms with Crippen LogP contribution in [0.5, 0.6) is 0 Å². The number of hydrogen-bond acceptors (Lipinski definition) is 3. The van der Waals surface area contributed by atoms with E-state index in [4.69, 9.17) is 14.5 Å². The molecule has 20 heavy (non-hydrogen) atoms. The van der Waals surface area contributed by atoms with Gasteiger partial charge in [-0.3, -0.25) is 0 Å². The second-order valence-corrected chi connectivity index (χ2v) is 4.19. The Balaban J connectivity index is 2.52. The first-order chi connectivity index (χ1) is 9.41. The molecule has 0 aliphatic rings. The van der Waals surface area contributed by atoms with E-state index in [-0.39, 0.29) is 16.4 Å². The molecule has 0 fully saturated rings. The fraction of sp³-hybridized carbons (Fsp3) is 0. The van der Waals surface area contributed by atoms with Crippen LogP contribution in [0.4, 0.5) is 17.6 Å². The van der Waals surface area contributed by atoms with Crippen LogP contribution in [-0.4, -0.2) is 17.2 Å². The maximum absolute atomic E-state index is 13.8. The summed E-state index contributed by atoms with van der Waals surface area (Å²) in [6.07, 6.45) is 0. The lowest BCUT2D eigenvalue weighted by Gasteiger charge is -2.00. The molecule has 3 aromatic rings. The molecule has 0 saturated heterocycles. The first-order valence-electron chi connectivity index (χ1n) is 5.46. The van der Waals surface area contributed by atoms with Crippen molar-refractivity contribution >= 4 is 34.5 Å². The predicted molar refractivity (Wildman–Crippen MR) is 63.4 cm³/mol. The minimum absolute atomic E-state index is 0.0234. The van der Waals surface area contributed by atoms with Gasteiger partial charge < -0.3 is 14.5 Å². The van der Waals surface area contributed by atoms with E-state index >= 15 is 0 Å². The summed E-state index contributed by atoms with van der Waals surface area (Å²) < 4.78 is 58.7. The van der Waals surface area contributed by atoms with Crippen LogP contribution < -0.4 is 5.46 Å². The molecule has 102 valence electrons. The van der Waals surface area contributed by atoms with Gasteiger partial charge in [0.25, 0.3) is 0 Å². The standard InChI is InChI=1S/C12H5BF4O3/c14-8-7-5-3-4(13(18)19)1-2-6(5)20-12(7)11(17)10(16)9(8)15/h1-3,18-19H. The fourth-order valence-corrected chi connectivity index (χ4v) is 2.05. The summed E-state index contributed by atoms with van der Waals surface area (Å²) in [6.45, 7) is 0. The Morgan fingerprint density at radius 2 is 1.55 bits per heavy atom. The fourth-order valence-electron chi connectivity index (χ4n) is 2.05. The molecule has 0 spiro atoms. The number of furan rings is 1. The van der Waals surface area contributed by atoms with Gasteiger partial charge in [-0.25, -0.2) is 13.2 Å². The van der Waals surface area contributed by atoms with Gasteiger partial charge in [0.15, 0.2) is 17.2 Å². The Morgan fingerprint density at radius 3 is 2.20 bits per heavy atom. The third-order valence-corrected chi connectivity index (χ3v) is 3.01. The third kappa shape index (κ3) is 1.62. The lowest BCUT2D eigenvalue weighted by atomic mass is 9.80. The van der Waals surface area contributed by atoms with E-state index in [0.29, 0.717) is 0 Å². The van der Waals surface area contributed by atoms with Crippen molar-refractivity contribution < 1.29 is 32.0 Å². The molecule has 3 nitrogen and oxygen atoms in total. The topological polar surface area (TPSA) is 53.6 Å². The molecule has 0 atom stereocenters. The van der Waals surface area contributed by atoms with Crippen molar-refractivity contribution in [3.63, 3.8) is 0 Å². The molecule has 0 amide bonds. The molecule has 1 heterocycles. The molecule has 0 unspecified atom stereocenters. The Morgan fingerprint density at radius 1 is 0.900 bits per heavy atom. The smallest absolute Gasteiger partial charge is 0.453 e. The van der Waals surface area contributed by atoms with Gasteiger partial charge >= 0.3 is 7.12 Å². The predicted octanol–water partition coefficient (Wildman–Crippen LogP) is 1.82. The van der Waals surface area contributed by atoms with E-state index in [2.05, 4.69) is 0 Å². The van der Waals surface area contributed by atoms with E-state index in [1.807, 2.05) is 0 Å². The molecule has 0 saturated carbocycles. The summed E-state index contributed by atoms with van der Waals surface area (Å²) in [5.41, 5.74) is -0.821. The molecular weight excluding hydrogens is 279 g/mol. The highest BCUT2D eigenvalue weighted by Crippen LogP contribution is 2.34. The molecule has 0 aliphatic carbocycles. The zero-order chi connectivity index (χ0) is 14.6. The molecule has 0 radical (unpaired) electrons. The van der Waals surface area contributed by atoms with Crippen LogP contribution in [0.25, 0.3) is 21.9 Å². The molecule has 3 rings (SSSR count). The number of hydrogen-bond donors (Lipinski definition) is 2. The van der Waals surface area contributed by atoms with Gasteiger partial charge in [-0.1, -0.05) is 12.1 Å². The van der Waals surface area contributed by atoms with Crippen LogP contribution in [0.15, 0.2) is 22.6 Å². The van der Waals surface area contributed by atoms with Crippen molar-refractivity contribution in [1.82, 2.24) is 0 Å². The van der Waals surface area contributed by atoms with Crippen LogP contribution in [-0.2, 0) is 0 Å². The highest BCUT2D eigenvalue weighted by atomic mass is 19.2.